The number of nitrogens with two attached hydrogens (primary N) is 1. The fourth-order valence-electron chi connectivity index (χ4n) is 2.77. The second kappa shape index (κ2) is 9.21. The molecular weight excluding hydrogens is 308 g/mol. The zero-order chi connectivity index (χ0) is 19.1. The van der Waals surface area contributed by atoms with Gasteiger partial charge in [0, 0.05) is 30.9 Å². The topological polar surface area (TPSA) is 85.8 Å². The van der Waals surface area contributed by atoms with Crippen LogP contribution in [0.5, 0.6) is 0 Å². The lowest BCUT2D eigenvalue weighted by molar-refractivity contribution is 0.860. The van der Waals surface area contributed by atoms with E-state index in [1.165, 1.54) is 17.3 Å². The van der Waals surface area contributed by atoms with Crippen molar-refractivity contribution in [2.24, 2.45) is 11.7 Å². The zero-order valence-electron chi connectivity index (χ0n) is 16.3. The lowest BCUT2D eigenvalue weighted by Gasteiger charge is -2.19. The number of benzene rings is 1. The molecule has 1 aromatic rings. The molecule has 1 rings (SSSR count). The summed E-state index contributed by atoms with van der Waals surface area (Å²) in [4.78, 5) is 0. The summed E-state index contributed by atoms with van der Waals surface area (Å²) in [5.74, 6) is 0.440. The summed E-state index contributed by atoms with van der Waals surface area (Å²) in [5.41, 5.74) is 11.7. The Hall–Kier alpha value is -2.36. The van der Waals surface area contributed by atoms with Gasteiger partial charge in [0.15, 0.2) is 0 Å². The molecule has 0 atom stereocenters. The van der Waals surface area contributed by atoms with Gasteiger partial charge in [-0.05, 0) is 41.7 Å². The van der Waals surface area contributed by atoms with Crippen LogP contribution in [0.1, 0.15) is 56.7 Å². The van der Waals surface area contributed by atoms with Crippen LogP contribution in [0.2, 0.25) is 0 Å². The van der Waals surface area contributed by atoms with Gasteiger partial charge < -0.3 is 16.5 Å². The van der Waals surface area contributed by atoms with E-state index in [1.807, 2.05) is 39.2 Å². The second-order valence-electron chi connectivity index (χ2n) is 7.02. The fraction of sp³-hybridized carbons (Fsp3) is 0.429. The first-order chi connectivity index (χ1) is 11.7. The summed E-state index contributed by atoms with van der Waals surface area (Å²) in [7, 11) is 1.82. The number of hydrogen-bond acceptors (Lipinski definition) is 4. The first-order valence-electron chi connectivity index (χ1n) is 8.78. The van der Waals surface area contributed by atoms with Crippen LogP contribution in [-0.4, -0.2) is 18.5 Å². The first-order valence-corrected chi connectivity index (χ1v) is 8.78. The number of allylic oxidation sites excluding steroid dienone is 2. The van der Waals surface area contributed by atoms with Gasteiger partial charge in [-0.2, -0.15) is 0 Å². The minimum Gasteiger partial charge on any atom is -0.404 e. The molecule has 0 aromatic heterocycles. The molecule has 0 bridgehead atoms. The molecule has 0 unspecified atom stereocenters. The maximum absolute atomic E-state index is 8.76. The molecule has 136 valence electrons. The Labute approximate surface area is 152 Å². The van der Waals surface area contributed by atoms with Gasteiger partial charge in [0.05, 0.1) is 5.71 Å². The maximum Gasteiger partial charge on any atom is 0.0664 e. The van der Waals surface area contributed by atoms with Gasteiger partial charge in [-0.1, -0.05) is 51.5 Å². The molecule has 5 N–H and O–H groups in total. The number of aryl methyl sites for hydroxylation is 1. The van der Waals surface area contributed by atoms with E-state index in [-0.39, 0.29) is 5.92 Å². The minimum absolute atomic E-state index is 0.102. The first kappa shape index (κ1) is 20.7. The molecule has 4 nitrogen and oxygen atoms in total. The Bertz CT molecular complexity index is 694. The molecule has 0 saturated carbocycles. The number of rotatable bonds is 8. The van der Waals surface area contributed by atoms with Crippen LogP contribution >= 0.6 is 0 Å². The predicted molar refractivity (Wildman–Crippen MR) is 109 cm³/mol. The van der Waals surface area contributed by atoms with Crippen LogP contribution in [0.25, 0.3) is 0 Å². The Morgan fingerprint density at radius 3 is 2.28 bits per heavy atom. The van der Waals surface area contributed by atoms with Crippen LogP contribution in [0.15, 0.2) is 41.7 Å². The summed E-state index contributed by atoms with van der Waals surface area (Å²) in [6, 6.07) is 6.22. The quantitative estimate of drug-likeness (QED) is 0.525. The van der Waals surface area contributed by atoms with Crippen LogP contribution in [0.3, 0.4) is 0 Å². The fourth-order valence-corrected chi connectivity index (χ4v) is 2.77. The SMILES string of the molecule is CN/C=C(/C/C(=C/N)C(=N)C(C)C)C(=N)c1ccc(C)cc1C(C)C. The maximum atomic E-state index is 8.76. The molecule has 0 aliphatic carbocycles. The van der Waals surface area contributed by atoms with E-state index < -0.39 is 0 Å². The molecular formula is C21H32N4. The third-order valence-electron chi connectivity index (χ3n) is 4.24. The molecule has 0 heterocycles. The van der Waals surface area contributed by atoms with Crippen molar-refractivity contribution in [3.8, 4) is 0 Å². The summed E-state index contributed by atoms with van der Waals surface area (Å²) < 4.78 is 0. The largest absolute Gasteiger partial charge is 0.404 e. The lowest BCUT2D eigenvalue weighted by atomic mass is 9.87. The average molecular weight is 341 g/mol. The monoisotopic (exact) mass is 340 g/mol. The van der Waals surface area contributed by atoms with Crippen molar-refractivity contribution in [3.63, 3.8) is 0 Å². The van der Waals surface area contributed by atoms with E-state index in [2.05, 4.69) is 32.2 Å². The van der Waals surface area contributed by atoms with Gasteiger partial charge in [-0.3, -0.25) is 5.41 Å². The van der Waals surface area contributed by atoms with E-state index >= 15 is 0 Å². The van der Waals surface area contributed by atoms with Crippen molar-refractivity contribution in [1.29, 1.82) is 10.8 Å². The van der Waals surface area contributed by atoms with Gasteiger partial charge in [-0.15, -0.1) is 0 Å². The van der Waals surface area contributed by atoms with Crippen LogP contribution in [0.4, 0.5) is 0 Å². The number of hydrogen-bond donors (Lipinski definition) is 4. The van der Waals surface area contributed by atoms with Crippen molar-refractivity contribution in [2.45, 2.75) is 47.0 Å². The summed E-state index contributed by atoms with van der Waals surface area (Å²) in [6.45, 7) is 10.3. The molecule has 0 fully saturated rings. The van der Waals surface area contributed by atoms with Gasteiger partial charge >= 0.3 is 0 Å². The third-order valence-corrected chi connectivity index (χ3v) is 4.24. The van der Waals surface area contributed by atoms with Gasteiger partial charge in [-0.25, -0.2) is 0 Å². The summed E-state index contributed by atoms with van der Waals surface area (Å²) in [6.07, 6.45) is 3.81. The van der Waals surface area contributed by atoms with E-state index in [0.717, 1.165) is 16.7 Å². The van der Waals surface area contributed by atoms with Crippen LogP contribution in [0, 0.1) is 23.7 Å². The van der Waals surface area contributed by atoms with Crippen molar-refractivity contribution >= 4 is 11.4 Å². The second-order valence-corrected chi connectivity index (χ2v) is 7.02. The van der Waals surface area contributed by atoms with E-state index in [9.17, 15) is 0 Å². The van der Waals surface area contributed by atoms with E-state index in [0.29, 0.717) is 23.8 Å². The Morgan fingerprint density at radius 1 is 1.16 bits per heavy atom. The molecule has 0 aliphatic rings. The summed E-state index contributed by atoms with van der Waals surface area (Å²) in [5, 5.41) is 20.0. The standard InChI is InChI=1S/C21H32N4/c1-13(2)19-9-15(5)7-8-18(19)21(24)17(12-25-6)10-16(11-22)20(23)14(3)4/h7-9,11-14,23-25H,10,22H2,1-6H3/b16-11-,17-12-,23-20?,24-21?. The third kappa shape index (κ3) is 5.31. The normalized spacial score (nSPS) is 12.6. The molecule has 1 aromatic carbocycles. The molecule has 0 radical (unpaired) electrons. The van der Waals surface area contributed by atoms with Crippen molar-refractivity contribution in [2.75, 3.05) is 7.05 Å². The molecule has 0 spiro atoms. The smallest absolute Gasteiger partial charge is 0.0664 e. The highest BCUT2D eigenvalue weighted by atomic mass is 14.8. The Balaban J connectivity index is 3.27. The highest BCUT2D eigenvalue weighted by Gasteiger charge is 2.18. The molecule has 4 heteroatoms. The van der Waals surface area contributed by atoms with Crippen molar-refractivity contribution in [3.05, 3.63) is 58.4 Å². The van der Waals surface area contributed by atoms with Crippen LogP contribution in [-0.2, 0) is 0 Å². The van der Waals surface area contributed by atoms with Crippen molar-refractivity contribution in [1.82, 2.24) is 5.32 Å². The molecule has 0 amide bonds. The zero-order valence-corrected chi connectivity index (χ0v) is 16.3. The Morgan fingerprint density at radius 2 is 1.80 bits per heavy atom. The molecule has 0 aliphatic heterocycles. The van der Waals surface area contributed by atoms with Gasteiger partial charge in [0.2, 0.25) is 0 Å². The summed E-state index contributed by atoms with van der Waals surface area (Å²) >= 11 is 0. The van der Waals surface area contributed by atoms with Crippen molar-refractivity contribution < 1.29 is 0 Å². The highest BCUT2D eigenvalue weighted by molar-refractivity contribution is 6.13. The van der Waals surface area contributed by atoms with E-state index in [1.54, 1.807) is 0 Å². The average Bonchev–Trinajstić information content (AvgIpc) is 2.57. The minimum atomic E-state index is 0.102. The lowest BCUT2D eigenvalue weighted by Crippen LogP contribution is -2.16. The van der Waals surface area contributed by atoms with Gasteiger partial charge in [0.1, 0.15) is 0 Å². The number of nitrogens with one attached hydrogen (secondary N) is 3. The Kier molecular flexibility index (Phi) is 7.62. The highest BCUT2D eigenvalue weighted by Crippen LogP contribution is 2.26. The predicted octanol–water partition coefficient (Wildman–Crippen LogP) is 4.50. The van der Waals surface area contributed by atoms with E-state index in [4.69, 9.17) is 16.6 Å². The van der Waals surface area contributed by atoms with Crippen LogP contribution < -0.4 is 11.1 Å². The molecule has 0 saturated heterocycles. The van der Waals surface area contributed by atoms with Gasteiger partial charge in [0.25, 0.3) is 0 Å². The molecule has 25 heavy (non-hydrogen) atoms.